The molecular weight excluding hydrogens is 230 g/mol. The van der Waals surface area contributed by atoms with Crippen LogP contribution in [-0.2, 0) is 16.0 Å². The van der Waals surface area contributed by atoms with Gasteiger partial charge in [0.25, 0.3) is 5.91 Å². The van der Waals surface area contributed by atoms with E-state index in [4.69, 9.17) is 4.42 Å². The molecule has 0 N–H and O–H groups in total. The highest BCUT2D eigenvalue weighted by Crippen LogP contribution is 2.21. The molecule has 1 amide bonds. The fourth-order valence-electron chi connectivity index (χ4n) is 1.88. The van der Waals surface area contributed by atoms with Gasteiger partial charge >= 0.3 is 0 Å². The van der Waals surface area contributed by atoms with E-state index in [1.165, 1.54) is 11.8 Å². The number of fused-ring (bicyclic) bond motifs is 1. The molecule has 0 aliphatic carbocycles. The largest absolute Gasteiger partial charge is 0.464 e. The molecule has 1 aromatic carbocycles. The van der Waals surface area contributed by atoms with Crippen molar-refractivity contribution in [2.75, 3.05) is 13.6 Å². The number of amides is 1. The minimum Gasteiger partial charge on any atom is -0.464 e. The van der Waals surface area contributed by atoms with Crippen LogP contribution in [0.1, 0.15) is 12.5 Å². The summed E-state index contributed by atoms with van der Waals surface area (Å²) in [5.74, 6) is -0.891. The average Bonchev–Trinajstić information content (AvgIpc) is 2.78. The Kier molecular flexibility index (Phi) is 3.46. The van der Waals surface area contributed by atoms with Crippen LogP contribution in [0.2, 0.25) is 0 Å². The number of nitrogens with zero attached hydrogens (tertiary/aromatic N) is 1. The summed E-state index contributed by atoms with van der Waals surface area (Å²) < 4.78 is 5.42. The van der Waals surface area contributed by atoms with Gasteiger partial charge in [0.15, 0.2) is 0 Å². The molecule has 0 unspecified atom stereocenters. The van der Waals surface area contributed by atoms with Gasteiger partial charge in [-0.25, -0.2) is 0 Å². The molecule has 1 aromatic heterocycles. The van der Waals surface area contributed by atoms with Gasteiger partial charge in [-0.15, -0.1) is 0 Å². The molecule has 94 valence electrons. The van der Waals surface area contributed by atoms with E-state index in [-0.39, 0.29) is 0 Å². The topological polar surface area (TPSA) is 50.5 Å². The van der Waals surface area contributed by atoms with Gasteiger partial charge in [-0.1, -0.05) is 18.2 Å². The van der Waals surface area contributed by atoms with Crippen LogP contribution in [-0.4, -0.2) is 30.2 Å². The highest BCUT2D eigenvalue weighted by molar-refractivity contribution is 6.34. The second-order valence-corrected chi connectivity index (χ2v) is 4.29. The number of hydrogen-bond acceptors (Lipinski definition) is 3. The van der Waals surface area contributed by atoms with Crippen LogP contribution in [0.5, 0.6) is 0 Å². The van der Waals surface area contributed by atoms with E-state index >= 15 is 0 Å². The molecule has 0 aliphatic heterocycles. The van der Waals surface area contributed by atoms with Crippen LogP contribution in [0.25, 0.3) is 11.0 Å². The van der Waals surface area contributed by atoms with Crippen molar-refractivity contribution in [3.8, 4) is 0 Å². The van der Waals surface area contributed by atoms with Gasteiger partial charge in [0.2, 0.25) is 5.78 Å². The van der Waals surface area contributed by atoms with Gasteiger partial charge in [-0.2, -0.15) is 0 Å². The van der Waals surface area contributed by atoms with Crippen molar-refractivity contribution in [2.24, 2.45) is 0 Å². The first-order valence-corrected chi connectivity index (χ1v) is 5.80. The molecule has 0 spiro atoms. The maximum absolute atomic E-state index is 11.4. The fraction of sp³-hybridized carbons (Fsp3) is 0.286. The fourth-order valence-corrected chi connectivity index (χ4v) is 1.88. The Morgan fingerprint density at radius 2 is 2.00 bits per heavy atom. The van der Waals surface area contributed by atoms with Crippen molar-refractivity contribution in [3.63, 3.8) is 0 Å². The van der Waals surface area contributed by atoms with Gasteiger partial charge in [0.05, 0.1) is 6.26 Å². The molecule has 0 saturated heterocycles. The van der Waals surface area contributed by atoms with Crippen molar-refractivity contribution in [1.82, 2.24) is 4.90 Å². The van der Waals surface area contributed by atoms with Gasteiger partial charge in [-0.05, 0) is 18.1 Å². The third-order valence-corrected chi connectivity index (χ3v) is 2.93. The van der Waals surface area contributed by atoms with Crippen molar-refractivity contribution >= 4 is 22.7 Å². The van der Waals surface area contributed by atoms with Crippen LogP contribution in [0.3, 0.4) is 0 Å². The third kappa shape index (κ3) is 2.42. The number of likely N-dealkylation sites (N-methyl/N-ethyl adjacent to an activating group) is 1. The Labute approximate surface area is 105 Å². The van der Waals surface area contributed by atoms with Crippen LogP contribution in [0.15, 0.2) is 34.9 Å². The van der Waals surface area contributed by atoms with Gasteiger partial charge in [0, 0.05) is 25.9 Å². The summed E-state index contributed by atoms with van der Waals surface area (Å²) in [7, 11) is 1.63. The van der Waals surface area contributed by atoms with E-state index in [2.05, 4.69) is 0 Å². The highest BCUT2D eigenvalue weighted by atomic mass is 16.3. The van der Waals surface area contributed by atoms with Crippen LogP contribution >= 0.6 is 0 Å². The number of benzene rings is 1. The van der Waals surface area contributed by atoms with E-state index in [9.17, 15) is 9.59 Å². The number of ketones is 1. The lowest BCUT2D eigenvalue weighted by atomic mass is 10.1. The summed E-state index contributed by atoms with van der Waals surface area (Å²) in [4.78, 5) is 23.8. The number of Topliss-reactive ketones (excluding diaryl/α,β-unsaturated/α-hetero) is 1. The van der Waals surface area contributed by atoms with E-state index in [1.54, 1.807) is 13.3 Å². The smallest absolute Gasteiger partial charge is 0.289 e. The zero-order valence-electron chi connectivity index (χ0n) is 10.5. The minimum atomic E-state index is -0.456. The van der Waals surface area contributed by atoms with Gasteiger partial charge in [0.1, 0.15) is 5.58 Å². The molecule has 2 aromatic rings. The molecule has 1 heterocycles. The van der Waals surface area contributed by atoms with Crippen molar-refractivity contribution in [1.29, 1.82) is 0 Å². The van der Waals surface area contributed by atoms with Crippen molar-refractivity contribution in [2.45, 2.75) is 13.3 Å². The first-order valence-electron chi connectivity index (χ1n) is 5.80. The SMILES string of the molecule is CC(=O)C(=O)N(C)CCc1coc2ccccc12. The van der Waals surface area contributed by atoms with Crippen LogP contribution in [0, 0.1) is 0 Å². The van der Waals surface area contributed by atoms with E-state index in [1.807, 2.05) is 24.3 Å². The Bertz CT molecular complexity index is 585. The maximum atomic E-state index is 11.4. The minimum absolute atomic E-state index is 0.436. The average molecular weight is 245 g/mol. The van der Waals surface area contributed by atoms with E-state index in [0.29, 0.717) is 13.0 Å². The van der Waals surface area contributed by atoms with Crippen molar-refractivity contribution < 1.29 is 14.0 Å². The number of rotatable bonds is 4. The lowest BCUT2D eigenvalue weighted by molar-refractivity contribution is -0.142. The molecule has 4 heteroatoms. The number of para-hydroxylation sites is 1. The number of hydrogen-bond donors (Lipinski definition) is 0. The van der Waals surface area contributed by atoms with Gasteiger partial charge in [-0.3, -0.25) is 9.59 Å². The number of carbonyl (C=O) groups is 2. The predicted octanol–water partition coefficient (Wildman–Crippen LogP) is 2.02. The van der Waals surface area contributed by atoms with Crippen LogP contribution < -0.4 is 0 Å². The standard InChI is InChI=1S/C14H15NO3/c1-10(16)14(17)15(2)8-7-11-9-18-13-6-4-3-5-12(11)13/h3-6,9H,7-8H2,1-2H3. The predicted molar refractivity (Wildman–Crippen MR) is 68.2 cm³/mol. The van der Waals surface area contributed by atoms with E-state index in [0.717, 1.165) is 16.5 Å². The quantitative estimate of drug-likeness (QED) is 0.774. The molecule has 0 saturated carbocycles. The molecular formula is C14H15NO3. The first kappa shape index (κ1) is 12.4. The lowest BCUT2D eigenvalue weighted by Crippen LogP contribution is -2.33. The monoisotopic (exact) mass is 245 g/mol. The summed E-state index contributed by atoms with van der Waals surface area (Å²) in [6, 6.07) is 7.76. The summed E-state index contributed by atoms with van der Waals surface area (Å²) in [6.07, 6.45) is 2.38. The summed E-state index contributed by atoms with van der Waals surface area (Å²) in [5, 5.41) is 1.06. The normalized spacial score (nSPS) is 10.6. The Morgan fingerprint density at radius 1 is 1.28 bits per heavy atom. The highest BCUT2D eigenvalue weighted by Gasteiger charge is 2.14. The van der Waals surface area contributed by atoms with Crippen molar-refractivity contribution in [3.05, 3.63) is 36.1 Å². The Hall–Kier alpha value is -2.10. The first-order chi connectivity index (χ1) is 8.59. The lowest BCUT2D eigenvalue weighted by Gasteiger charge is -2.14. The third-order valence-electron chi connectivity index (χ3n) is 2.93. The second-order valence-electron chi connectivity index (χ2n) is 4.29. The summed E-state index contributed by atoms with van der Waals surface area (Å²) in [5.41, 5.74) is 1.89. The zero-order chi connectivity index (χ0) is 13.1. The molecule has 0 atom stereocenters. The Morgan fingerprint density at radius 3 is 2.72 bits per heavy atom. The van der Waals surface area contributed by atoms with Gasteiger partial charge < -0.3 is 9.32 Å². The summed E-state index contributed by atoms with van der Waals surface area (Å²) in [6.45, 7) is 1.79. The number of carbonyl (C=O) groups excluding carboxylic acids is 2. The maximum Gasteiger partial charge on any atom is 0.289 e. The molecule has 0 aliphatic rings. The van der Waals surface area contributed by atoms with E-state index < -0.39 is 11.7 Å². The molecule has 18 heavy (non-hydrogen) atoms. The zero-order valence-corrected chi connectivity index (χ0v) is 10.5. The van der Waals surface area contributed by atoms with Crippen LogP contribution in [0.4, 0.5) is 0 Å². The molecule has 0 bridgehead atoms. The summed E-state index contributed by atoms with van der Waals surface area (Å²) >= 11 is 0. The second kappa shape index (κ2) is 5.04. The molecule has 0 radical (unpaired) electrons. The molecule has 2 rings (SSSR count). The number of furan rings is 1. The molecule has 0 fully saturated rings. The Balaban J connectivity index is 2.06. The molecule has 4 nitrogen and oxygen atoms in total.